The summed E-state index contributed by atoms with van der Waals surface area (Å²) in [4.78, 5) is 24.3. The minimum absolute atomic E-state index is 0.175. The molecule has 0 atom stereocenters. The topological polar surface area (TPSA) is 68.5 Å². The standard InChI is InChI=1S/C17H19NO4S/c1-2-21-12-3-4-13-14(10-16(19)22-15(13)9-12)17(20)18-11-5-7-23-8-6-11/h3-4,9-11H,2,5-8H2,1H3,(H,18,20). The largest absolute Gasteiger partial charge is 0.494 e. The van der Waals surface area contributed by atoms with E-state index in [9.17, 15) is 9.59 Å². The number of thioether (sulfide) groups is 1. The van der Waals surface area contributed by atoms with Crippen LogP contribution in [0.15, 0.2) is 33.5 Å². The van der Waals surface area contributed by atoms with E-state index in [0.717, 1.165) is 24.3 Å². The highest BCUT2D eigenvalue weighted by molar-refractivity contribution is 7.99. The highest BCUT2D eigenvalue weighted by atomic mass is 32.2. The van der Waals surface area contributed by atoms with Gasteiger partial charge in [-0.1, -0.05) is 0 Å². The molecule has 2 aromatic rings. The number of amides is 1. The second-order valence-corrected chi connectivity index (χ2v) is 6.65. The van der Waals surface area contributed by atoms with E-state index in [4.69, 9.17) is 9.15 Å². The van der Waals surface area contributed by atoms with Crippen molar-refractivity contribution in [1.82, 2.24) is 5.32 Å². The van der Waals surface area contributed by atoms with Gasteiger partial charge in [0.05, 0.1) is 12.2 Å². The zero-order valence-corrected chi connectivity index (χ0v) is 13.8. The molecule has 0 aliphatic carbocycles. The van der Waals surface area contributed by atoms with Gasteiger partial charge in [-0.3, -0.25) is 4.79 Å². The normalized spacial score (nSPS) is 15.5. The van der Waals surface area contributed by atoms with Gasteiger partial charge in [0, 0.05) is 23.6 Å². The van der Waals surface area contributed by atoms with Gasteiger partial charge in [-0.15, -0.1) is 0 Å². The summed E-state index contributed by atoms with van der Waals surface area (Å²) in [6.45, 7) is 2.41. The number of hydrogen-bond acceptors (Lipinski definition) is 5. The van der Waals surface area contributed by atoms with E-state index in [1.165, 1.54) is 6.07 Å². The summed E-state index contributed by atoms with van der Waals surface area (Å²) >= 11 is 1.90. The molecule has 6 heteroatoms. The van der Waals surface area contributed by atoms with Crippen LogP contribution < -0.4 is 15.7 Å². The minimum atomic E-state index is -0.532. The fourth-order valence-electron chi connectivity index (χ4n) is 2.69. The van der Waals surface area contributed by atoms with Crippen LogP contribution in [0, 0.1) is 0 Å². The number of hydrogen-bond donors (Lipinski definition) is 1. The summed E-state index contributed by atoms with van der Waals surface area (Å²) in [6, 6.07) is 6.62. The summed E-state index contributed by atoms with van der Waals surface area (Å²) in [6.07, 6.45) is 1.93. The Morgan fingerprint density at radius 2 is 2.13 bits per heavy atom. The fraction of sp³-hybridized carbons (Fsp3) is 0.412. The molecular formula is C17H19NO4S. The number of nitrogens with one attached hydrogen (secondary N) is 1. The molecule has 0 bridgehead atoms. The second kappa shape index (κ2) is 7.08. The first-order valence-electron chi connectivity index (χ1n) is 7.76. The molecule has 1 aromatic heterocycles. The number of benzene rings is 1. The van der Waals surface area contributed by atoms with Gasteiger partial charge in [0.1, 0.15) is 11.3 Å². The van der Waals surface area contributed by atoms with Crippen molar-refractivity contribution in [2.45, 2.75) is 25.8 Å². The van der Waals surface area contributed by atoms with Gasteiger partial charge in [-0.05, 0) is 43.4 Å². The Hall–Kier alpha value is -1.95. The lowest BCUT2D eigenvalue weighted by Crippen LogP contribution is -2.37. The molecular weight excluding hydrogens is 314 g/mol. The quantitative estimate of drug-likeness (QED) is 0.872. The van der Waals surface area contributed by atoms with Crippen molar-refractivity contribution in [1.29, 1.82) is 0 Å². The van der Waals surface area contributed by atoms with Gasteiger partial charge in [0.2, 0.25) is 0 Å². The van der Waals surface area contributed by atoms with Crippen molar-refractivity contribution in [2.75, 3.05) is 18.1 Å². The molecule has 23 heavy (non-hydrogen) atoms. The summed E-state index contributed by atoms with van der Waals surface area (Å²) in [7, 11) is 0. The predicted octanol–water partition coefficient (Wildman–Crippen LogP) is 2.82. The molecule has 5 nitrogen and oxygen atoms in total. The molecule has 1 aliphatic heterocycles. The third-order valence-electron chi connectivity index (χ3n) is 3.83. The number of ether oxygens (including phenoxy) is 1. The maximum atomic E-state index is 12.6. The van der Waals surface area contributed by atoms with Crippen molar-refractivity contribution in [3.8, 4) is 5.75 Å². The van der Waals surface area contributed by atoms with Crippen LogP contribution >= 0.6 is 11.8 Å². The molecule has 1 saturated heterocycles. The number of rotatable bonds is 4. The lowest BCUT2D eigenvalue weighted by molar-refractivity contribution is 0.0936. The Bertz CT molecular complexity index is 765. The molecule has 1 amide bonds. The van der Waals surface area contributed by atoms with Crippen LogP contribution in [-0.4, -0.2) is 30.1 Å². The Morgan fingerprint density at radius 3 is 2.87 bits per heavy atom. The lowest BCUT2D eigenvalue weighted by atomic mass is 10.1. The van der Waals surface area contributed by atoms with Crippen LogP contribution in [0.1, 0.15) is 30.1 Å². The van der Waals surface area contributed by atoms with Crippen LogP contribution in [-0.2, 0) is 0 Å². The molecule has 122 valence electrons. The van der Waals surface area contributed by atoms with Crippen LogP contribution in [0.2, 0.25) is 0 Å². The molecule has 0 radical (unpaired) electrons. The third kappa shape index (κ3) is 3.69. The molecule has 3 rings (SSSR count). The first kappa shape index (κ1) is 15.9. The Kier molecular flexibility index (Phi) is 4.91. The third-order valence-corrected chi connectivity index (χ3v) is 4.88. The first-order chi connectivity index (χ1) is 11.2. The molecule has 2 heterocycles. The Balaban J connectivity index is 1.92. The zero-order valence-electron chi connectivity index (χ0n) is 13.0. The van der Waals surface area contributed by atoms with Gasteiger partial charge in [-0.25, -0.2) is 4.79 Å². The predicted molar refractivity (Wildman–Crippen MR) is 91.5 cm³/mol. The smallest absolute Gasteiger partial charge is 0.337 e. The van der Waals surface area contributed by atoms with Gasteiger partial charge < -0.3 is 14.5 Å². The minimum Gasteiger partial charge on any atom is -0.494 e. The highest BCUT2D eigenvalue weighted by Crippen LogP contribution is 2.23. The SMILES string of the molecule is CCOc1ccc2c(C(=O)NC3CCSCC3)cc(=O)oc2c1. The van der Waals surface area contributed by atoms with E-state index in [2.05, 4.69) is 5.32 Å². The molecule has 1 aromatic carbocycles. The van der Waals surface area contributed by atoms with Crippen molar-refractivity contribution in [3.63, 3.8) is 0 Å². The number of carbonyl (C=O) groups excluding carboxylic acids is 1. The molecule has 1 aliphatic rings. The highest BCUT2D eigenvalue weighted by Gasteiger charge is 2.19. The van der Waals surface area contributed by atoms with E-state index in [0.29, 0.717) is 28.9 Å². The Morgan fingerprint density at radius 1 is 1.35 bits per heavy atom. The van der Waals surface area contributed by atoms with E-state index in [1.54, 1.807) is 18.2 Å². The van der Waals surface area contributed by atoms with Gasteiger partial charge in [0.25, 0.3) is 5.91 Å². The van der Waals surface area contributed by atoms with Crippen molar-refractivity contribution >= 4 is 28.6 Å². The van der Waals surface area contributed by atoms with E-state index < -0.39 is 5.63 Å². The lowest BCUT2D eigenvalue weighted by Gasteiger charge is -2.22. The van der Waals surface area contributed by atoms with Crippen LogP contribution in [0.4, 0.5) is 0 Å². The van der Waals surface area contributed by atoms with E-state index >= 15 is 0 Å². The summed E-state index contributed by atoms with van der Waals surface area (Å²) in [5.74, 6) is 2.51. The van der Waals surface area contributed by atoms with Gasteiger partial charge in [-0.2, -0.15) is 11.8 Å². The van der Waals surface area contributed by atoms with E-state index in [-0.39, 0.29) is 11.9 Å². The zero-order chi connectivity index (χ0) is 16.2. The van der Waals surface area contributed by atoms with Crippen LogP contribution in [0.3, 0.4) is 0 Å². The fourth-order valence-corrected chi connectivity index (χ4v) is 3.80. The molecule has 0 spiro atoms. The van der Waals surface area contributed by atoms with Gasteiger partial charge >= 0.3 is 5.63 Å². The monoisotopic (exact) mass is 333 g/mol. The van der Waals surface area contributed by atoms with Crippen LogP contribution in [0.5, 0.6) is 5.75 Å². The number of carbonyl (C=O) groups is 1. The van der Waals surface area contributed by atoms with Gasteiger partial charge in [0.15, 0.2) is 0 Å². The maximum absolute atomic E-state index is 12.6. The molecule has 0 saturated carbocycles. The van der Waals surface area contributed by atoms with Crippen molar-refractivity contribution in [3.05, 3.63) is 40.2 Å². The average molecular weight is 333 g/mol. The Labute approximate surface area is 138 Å². The van der Waals surface area contributed by atoms with E-state index in [1.807, 2.05) is 18.7 Å². The molecule has 0 unspecified atom stereocenters. The van der Waals surface area contributed by atoms with Crippen LogP contribution in [0.25, 0.3) is 11.0 Å². The summed E-state index contributed by atoms with van der Waals surface area (Å²) in [5, 5.41) is 3.65. The van der Waals surface area contributed by atoms with Crippen molar-refractivity contribution < 1.29 is 13.9 Å². The maximum Gasteiger partial charge on any atom is 0.337 e. The van der Waals surface area contributed by atoms with Crippen molar-refractivity contribution in [2.24, 2.45) is 0 Å². The molecule has 1 N–H and O–H groups in total. The number of fused-ring (bicyclic) bond motifs is 1. The summed E-state index contributed by atoms with van der Waals surface area (Å²) < 4.78 is 10.6. The first-order valence-corrected chi connectivity index (χ1v) is 8.92. The summed E-state index contributed by atoms with van der Waals surface area (Å²) in [5.41, 5.74) is 0.195. The average Bonchev–Trinajstić information content (AvgIpc) is 2.55. The second-order valence-electron chi connectivity index (χ2n) is 5.43. The molecule has 1 fully saturated rings.